The second-order valence-electron chi connectivity index (χ2n) is 6.77. The maximum atomic E-state index is 12.4. The van der Waals surface area contributed by atoms with Crippen LogP contribution in [0.25, 0.3) is 0 Å². The SMILES string of the molecule is Cc1ccc(C(=O)NC(C(=O)NC2CC(C(=O)O)C2)C(C)C)cc1. The third kappa shape index (κ3) is 4.34. The molecule has 0 aliphatic heterocycles. The highest BCUT2D eigenvalue weighted by Gasteiger charge is 2.37. The van der Waals surface area contributed by atoms with Crippen LogP contribution in [0.3, 0.4) is 0 Å². The van der Waals surface area contributed by atoms with Crippen molar-refractivity contribution in [3.05, 3.63) is 35.4 Å². The van der Waals surface area contributed by atoms with Crippen molar-refractivity contribution in [1.82, 2.24) is 10.6 Å². The molecular weight excluding hydrogens is 308 g/mol. The standard InChI is InChI=1S/C18H24N2O4/c1-10(2)15(17(22)19-14-8-13(9-14)18(23)24)20-16(21)12-6-4-11(3)5-7-12/h4-7,10,13-15H,8-9H2,1-3H3,(H,19,22)(H,20,21)(H,23,24). The fourth-order valence-electron chi connectivity index (χ4n) is 2.69. The van der Waals surface area contributed by atoms with Gasteiger partial charge in [0.2, 0.25) is 5.91 Å². The van der Waals surface area contributed by atoms with Gasteiger partial charge in [0.1, 0.15) is 6.04 Å². The topological polar surface area (TPSA) is 95.5 Å². The number of amides is 2. The summed E-state index contributed by atoms with van der Waals surface area (Å²) in [5.41, 5.74) is 1.57. The Morgan fingerprint density at radius 3 is 2.21 bits per heavy atom. The van der Waals surface area contributed by atoms with Crippen LogP contribution in [-0.2, 0) is 9.59 Å². The van der Waals surface area contributed by atoms with Crippen molar-refractivity contribution >= 4 is 17.8 Å². The van der Waals surface area contributed by atoms with Gasteiger partial charge in [-0.15, -0.1) is 0 Å². The van der Waals surface area contributed by atoms with Gasteiger partial charge in [-0.1, -0.05) is 31.5 Å². The van der Waals surface area contributed by atoms with Gasteiger partial charge in [0, 0.05) is 11.6 Å². The Labute approximate surface area is 141 Å². The maximum Gasteiger partial charge on any atom is 0.306 e. The van der Waals surface area contributed by atoms with Gasteiger partial charge in [0.15, 0.2) is 0 Å². The number of rotatable bonds is 6. The molecule has 6 heteroatoms. The predicted octanol–water partition coefficient (Wildman–Crippen LogP) is 1.73. The van der Waals surface area contributed by atoms with Crippen molar-refractivity contribution in [2.75, 3.05) is 0 Å². The van der Waals surface area contributed by atoms with Crippen molar-refractivity contribution in [3.63, 3.8) is 0 Å². The predicted molar refractivity (Wildman–Crippen MR) is 89.6 cm³/mol. The first-order chi connectivity index (χ1) is 11.3. The molecular formula is C18H24N2O4. The number of benzene rings is 1. The van der Waals surface area contributed by atoms with Crippen LogP contribution < -0.4 is 10.6 Å². The zero-order chi connectivity index (χ0) is 17.9. The summed E-state index contributed by atoms with van der Waals surface area (Å²) in [6.07, 6.45) is 0.885. The lowest BCUT2D eigenvalue weighted by atomic mass is 9.80. The lowest BCUT2D eigenvalue weighted by Crippen LogP contribution is -2.55. The molecule has 0 heterocycles. The number of nitrogens with one attached hydrogen (secondary N) is 2. The van der Waals surface area contributed by atoms with E-state index in [4.69, 9.17) is 5.11 Å². The quantitative estimate of drug-likeness (QED) is 0.739. The number of carboxylic acid groups (broad SMARTS) is 1. The molecule has 2 rings (SSSR count). The molecule has 24 heavy (non-hydrogen) atoms. The fourth-order valence-corrected chi connectivity index (χ4v) is 2.69. The Kier molecular flexibility index (Phi) is 5.59. The minimum Gasteiger partial charge on any atom is -0.481 e. The summed E-state index contributed by atoms with van der Waals surface area (Å²) < 4.78 is 0. The molecule has 6 nitrogen and oxygen atoms in total. The maximum absolute atomic E-state index is 12.4. The summed E-state index contributed by atoms with van der Waals surface area (Å²) in [6, 6.07) is 6.37. The van der Waals surface area contributed by atoms with E-state index in [1.54, 1.807) is 12.1 Å². The van der Waals surface area contributed by atoms with Gasteiger partial charge in [-0.3, -0.25) is 14.4 Å². The summed E-state index contributed by atoms with van der Waals surface area (Å²) in [6.45, 7) is 5.66. The molecule has 1 saturated carbocycles. The Morgan fingerprint density at radius 1 is 1.12 bits per heavy atom. The number of hydrogen-bond donors (Lipinski definition) is 3. The van der Waals surface area contributed by atoms with E-state index in [-0.39, 0.29) is 29.7 Å². The minimum atomic E-state index is -0.825. The zero-order valence-corrected chi connectivity index (χ0v) is 14.2. The van der Waals surface area contributed by atoms with Gasteiger partial charge >= 0.3 is 5.97 Å². The van der Waals surface area contributed by atoms with E-state index in [2.05, 4.69) is 10.6 Å². The number of hydrogen-bond acceptors (Lipinski definition) is 3. The normalized spacial score (nSPS) is 20.8. The van der Waals surface area contributed by atoms with Crippen LogP contribution in [0.5, 0.6) is 0 Å². The van der Waals surface area contributed by atoms with Crippen molar-refractivity contribution in [2.24, 2.45) is 11.8 Å². The lowest BCUT2D eigenvalue weighted by molar-refractivity contribution is -0.146. The van der Waals surface area contributed by atoms with Gasteiger partial charge in [-0.05, 0) is 37.8 Å². The van der Waals surface area contributed by atoms with Gasteiger partial charge in [-0.2, -0.15) is 0 Å². The molecule has 0 bridgehead atoms. The summed E-state index contributed by atoms with van der Waals surface area (Å²) in [5.74, 6) is -1.83. The van der Waals surface area contributed by atoms with Gasteiger partial charge < -0.3 is 15.7 Å². The Hall–Kier alpha value is -2.37. The van der Waals surface area contributed by atoms with Crippen molar-refractivity contribution in [2.45, 2.75) is 45.7 Å². The van der Waals surface area contributed by atoms with Crippen LogP contribution in [-0.4, -0.2) is 35.0 Å². The number of carbonyl (C=O) groups excluding carboxylic acids is 2. The van der Waals surface area contributed by atoms with E-state index in [9.17, 15) is 14.4 Å². The van der Waals surface area contributed by atoms with E-state index in [0.717, 1.165) is 5.56 Å². The Morgan fingerprint density at radius 2 is 1.71 bits per heavy atom. The molecule has 1 aromatic rings. The van der Waals surface area contributed by atoms with Crippen molar-refractivity contribution < 1.29 is 19.5 Å². The first kappa shape index (κ1) is 18.0. The van der Waals surface area contributed by atoms with Crippen LogP contribution in [0.2, 0.25) is 0 Å². The monoisotopic (exact) mass is 332 g/mol. The van der Waals surface area contributed by atoms with Crippen LogP contribution in [0.1, 0.15) is 42.6 Å². The van der Waals surface area contributed by atoms with E-state index >= 15 is 0 Å². The Balaban J connectivity index is 1.94. The second kappa shape index (κ2) is 7.47. The molecule has 1 aliphatic rings. The highest BCUT2D eigenvalue weighted by molar-refractivity contribution is 5.97. The molecule has 2 amide bonds. The number of aryl methyl sites for hydroxylation is 1. The first-order valence-corrected chi connectivity index (χ1v) is 8.18. The first-order valence-electron chi connectivity index (χ1n) is 8.18. The molecule has 1 aliphatic carbocycles. The smallest absolute Gasteiger partial charge is 0.306 e. The molecule has 1 atom stereocenters. The summed E-state index contributed by atoms with van der Waals surface area (Å²) in [5, 5.41) is 14.5. The van der Waals surface area contributed by atoms with E-state index in [1.807, 2.05) is 32.9 Å². The molecule has 0 radical (unpaired) electrons. The molecule has 1 fully saturated rings. The lowest BCUT2D eigenvalue weighted by Gasteiger charge is -2.34. The Bertz CT molecular complexity index is 618. The van der Waals surface area contributed by atoms with E-state index < -0.39 is 12.0 Å². The third-order valence-corrected chi connectivity index (χ3v) is 4.38. The average molecular weight is 332 g/mol. The van der Waals surface area contributed by atoms with Crippen LogP contribution in [0, 0.1) is 18.8 Å². The van der Waals surface area contributed by atoms with Crippen molar-refractivity contribution in [1.29, 1.82) is 0 Å². The van der Waals surface area contributed by atoms with Gasteiger partial charge in [-0.25, -0.2) is 0 Å². The van der Waals surface area contributed by atoms with Gasteiger partial charge in [0.05, 0.1) is 5.92 Å². The molecule has 0 aromatic heterocycles. The molecule has 0 spiro atoms. The fraction of sp³-hybridized carbons (Fsp3) is 0.500. The highest BCUT2D eigenvalue weighted by Crippen LogP contribution is 2.27. The largest absolute Gasteiger partial charge is 0.481 e. The molecule has 3 N–H and O–H groups in total. The summed E-state index contributed by atoms with van der Waals surface area (Å²) in [7, 11) is 0. The number of carboxylic acids is 1. The molecule has 130 valence electrons. The van der Waals surface area contributed by atoms with Crippen molar-refractivity contribution in [3.8, 4) is 0 Å². The minimum absolute atomic E-state index is 0.0743. The number of aliphatic carboxylic acids is 1. The average Bonchev–Trinajstić information content (AvgIpc) is 2.47. The summed E-state index contributed by atoms with van der Waals surface area (Å²) >= 11 is 0. The molecule has 1 unspecified atom stereocenters. The summed E-state index contributed by atoms with van der Waals surface area (Å²) in [4.78, 5) is 35.5. The zero-order valence-electron chi connectivity index (χ0n) is 14.2. The second-order valence-corrected chi connectivity index (χ2v) is 6.77. The molecule has 1 aromatic carbocycles. The van der Waals surface area contributed by atoms with E-state index in [0.29, 0.717) is 18.4 Å². The third-order valence-electron chi connectivity index (χ3n) is 4.38. The van der Waals surface area contributed by atoms with E-state index in [1.165, 1.54) is 0 Å². The van der Waals surface area contributed by atoms with Gasteiger partial charge in [0.25, 0.3) is 5.91 Å². The van der Waals surface area contributed by atoms with Crippen LogP contribution in [0.4, 0.5) is 0 Å². The van der Waals surface area contributed by atoms with Crippen LogP contribution in [0.15, 0.2) is 24.3 Å². The molecule has 0 saturated heterocycles. The van der Waals surface area contributed by atoms with Crippen LogP contribution >= 0.6 is 0 Å². The number of carbonyl (C=O) groups is 3. The highest BCUT2D eigenvalue weighted by atomic mass is 16.4.